The predicted octanol–water partition coefficient (Wildman–Crippen LogP) is 4.39. The molecule has 2 heterocycles. The second kappa shape index (κ2) is 7.99. The number of hydrogen-bond donors (Lipinski definition) is 1. The number of benzene rings is 1. The largest absolute Gasteiger partial charge is 0.494 e. The highest BCUT2D eigenvalue weighted by Gasteiger charge is 2.22. The number of hydrogen-bond acceptors (Lipinski definition) is 5. The van der Waals surface area contributed by atoms with E-state index in [0.717, 1.165) is 36.0 Å². The van der Waals surface area contributed by atoms with E-state index in [1.54, 1.807) is 6.33 Å². The molecule has 0 aliphatic carbocycles. The molecule has 1 fully saturated rings. The number of rotatable bonds is 6. The number of nitrogens with one attached hydrogen (secondary N) is 1. The second-order valence-corrected chi connectivity index (χ2v) is 6.10. The first-order valence-electron chi connectivity index (χ1n) is 8.88. The van der Waals surface area contributed by atoms with Crippen LogP contribution in [-0.2, 0) is 0 Å². The van der Waals surface area contributed by atoms with Gasteiger partial charge in [-0.2, -0.15) is 0 Å². The molecule has 5 heteroatoms. The lowest BCUT2D eigenvalue weighted by Crippen LogP contribution is -2.39. The standard InChI is InChI=1S/C19H26N4O/c1-3-16-7-5-6-12-23(16)19-13-18(20-14-21-19)22-15-8-10-17(11-9-15)24-4-2/h8-11,13-14,16H,3-7,12H2,1-2H3,(H,20,21,22). The average molecular weight is 326 g/mol. The predicted molar refractivity (Wildman–Crippen MR) is 98.2 cm³/mol. The number of anilines is 3. The Morgan fingerprint density at radius 2 is 2.00 bits per heavy atom. The quantitative estimate of drug-likeness (QED) is 0.853. The second-order valence-electron chi connectivity index (χ2n) is 6.10. The lowest BCUT2D eigenvalue weighted by Gasteiger charge is -2.36. The van der Waals surface area contributed by atoms with Crippen molar-refractivity contribution in [3.05, 3.63) is 36.7 Å². The van der Waals surface area contributed by atoms with Gasteiger partial charge in [0.2, 0.25) is 0 Å². The van der Waals surface area contributed by atoms with Crippen molar-refractivity contribution >= 4 is 17.3 Å². The molecule has 1 aromatic heterocycles. The summed E-state index contributed by atoms with van der Waals surface area (Å²) >= 11 is 0. The van der Waals surface area contributed by atoms with E-state index in [1.165, 1.54) is 19.3 Å². The van der Waals surface area contributed by atoms with Crippen LogP contribution in [0.15, 0.2) is 36.7 Å². The zero-order valence-corrected chi connectivity index (χ0v) is 14.5. The number of aromatic nitrogens is 2. The van der Waals surface area contributed by atoms with Gasteiger partial charge in [-0.05, 0) is 56.9 Å². The van der Waals surface area contributed by atoms with Crippen molar-refractivity contribution in [1.29, 1.82) is 0 Å². The van der Waals surface area contributed by atoms with Gasteiger partial charge in [0, 0.05) is 24.3 Å². The molecule has 1 aliphatic rings. The van der Waals surface area contributed by atoms with E-state index in [4.69, 9.17) is 4.74 Å². The van der Waals surface area contributed by atoms with Crippen LogP contribution in [0.4, 0.5) is 17.3 Å². The first kappa shape index (κ1) is 16.6. The lowest BCUT2D eigenvalue weighted by atomic mass is 10.0. The third kappa shape index (κ3) is 3.96. The molecule has 1 atom stereocenters. The topological polar surface area (TPSA) is 50.3 Å². The summed E-state index contributed by atoms with van der Waals surface area (Å²) < 4.78 is 5.47. The molecular formula is C19H26N4O. The fraction of sp³-hybridized carbons (Fsp3) is 0.474. The molecule has 0 bridgehead atoms. The van der Waals surface area contributed by atoms with Gasteiger partial charge in [0.25, 0.3) is 0 Å². The van der Waals surface area contributed by atoms with Crippen LogP contribution in [0.25, 0.3) is 0 Å². The maximum Gasteiger partial charge on any atom is 0.135 e. The van der Waals surface area contributed by atoms with Crippen molar-refractivity contribution in [1.82, 2.24) is 9.97 Å². The van der Waals surface area contributed by atoms with E-state index >= 15 is 0 Å². The van der Waals surface area contributed by atoms with Crippen molar-refractivity contribution in [2.75, 3.05) is 23.4 Å². The third-order valence-corrected chi connectivity index (χ3v) is 4.48. The van der Waals surface area contributed by atoms with E-state index in [2.05, 4.69) is 27.1 Å². The zero-order chi connectivity index (χ0) is 16.8. The summed E-state index contributed by atoms with van der Waals surface area (Å²) in [6.07, 6.45) is 6.61. The summed E-state index contributed by atoms with van der Waals surface area (Å²) in [6.45, 7) is 6.00. The summed E-state index contributed by atoms with van der Waals surface area (Å²) in [7, 11) is 0. The fourth-order valence-corrected chi connectivity index (χ4v) is 3.25. The van der Waals surface area contributed by atoms with E-state index in [9.17, 15) is 0 Å². The molecule has 0 spiro atoms. The Hall–Kier alpha value is -2.30. The van der Waals surface area contributed by atoms with Gasteiger partial charge in [-0.25, -0.2) is 9.97 Å². The minimum absolute atomic E-state index is 0.590. The monoisotopic (exact) mass is 326 g/mol. The maximum absolute atomic E-state index is 5.47. The SMILES string of the molecule is CCOc1ccc(Nc2cc(N3CCCCC3CC)ncn2)cc1. The maximum atomic E-state index is 5.47. The minimum atomic E-state index is 0.590. The van der Waals surface area contributed by atoms with Crippen LogP contribution in [0.5, 0.6) is 5.75 Å². The van der Waals surface area contributed by atoms with Crippen LogP contribution < -0.4 is 15.0 Å². The molecule has 24 heavy (non-hydrogen) atoms. The number of ether oxygens (including phenoxy) is 1. The van der Waals surface area contributed by atoms with Gasteiger partial charge in [-0.15, -0.1) is 0 Å². The molecule has 1 unspecified atom stereocenters. The normalized spacial score (nSPS) is 17.6. The highest BCUT2D eigenvalue weighted by molar-refractivity contribution is 5.60. The van der Waals surface area contributed by atoms with Crippen molar-refractivity contribution < 1.29 is 4.74 Å². The highest BCUT2D eigenvalue weighted by Crippen LogP contribution is 2.27. The fourth-order valence-electron chi connectivity index (χ4n) is 3.25. The molecule has 128 valence electrons. The zero-order valence-electron chi connectivity index (χ0n) is 14.5. The van der Waals surface area contributed by atoms with Gasteiger partial charge in [0.1, 0.15) is 23.7 Å². The molecule has 0 radical (unpaired) electrons. The molecule has 1 N–H and O–H groups in total. The summed E-state index contributed by atoms with van der Waals surface area (Å²) in [4.78, 5) is 11.3. The number of piperidine rings is 1. The van der Waals surface area contributed by atoms with Gasteiger partial charge in [0.15, 0.2) is 0 Å². The Bertz CT molecular complexity index is 644. The minimum Gasteiger partial charge on any atom is -0.494 e. The Labute approximate surface area is 144 Å². The summed E-state index contributed by atoms with van der Waals surface area (Å²) in [6, 6.07) is 10.6. The first-order valence-corrected chi connectivity index (χ1v) is 8.88. The number of nitrogens with zero attached hydrogens (tertiary/aromatic N) is 3. The third-order valence-electron chi connectivity index (χ3n) is 4.48. The van der Waals surface area contributed by atoms with Gasteiger partial charge in [-0.3, -0.25) is 0 Å². The van der Waals surface area contributed by atoms with Gasteiger partial charge >= 0.3 is 0 Å². The summed E-state index contributed by atoms with van der Waals surface area (Å²) in [5, 5.41) is 3.35. The molecule has 1 saturated heterocycles. The Morgan fingerprint density at radius 3 is 2.75 bits per heavy atom. The summed E-state index contributed by atoms with van der Waals surface area (Å²) in [5.74, 6) is 2.72. The highest BCUT2D eigenvalue weighted by atomic mass is 16.5. The molecule has 5 nitrogen and oxygen atoms in total. The van der Waals surface area contributed by atoms with Crippen LogP contribution in [0, 0.1) is 0 Å². The summed E-state index contributed by atoms with van der Waals surface area (Å²) in [5.41, 5.74) is 0.994. The van der Waals surface area contributed by atoms with Crippen LogP contribution in [0.1, 0.15) is 39.5 Å². The van der Waals surface area contributed by atoms with Crippen LogP contribution in [-0.4, -0.2) is 29.2 Å². The Kier molecular flexibility index (Phi) is 5.51. The molecule has 2 aromatic rings. The molecule has 0 amide bonds. The van der Waals surface area contributed by atoms with Crippen LogP contribution in [0.2, 0.25) is 0 Å². The van der Waals surface area contributed by atoms with E-state index in [1.807, 2.05) is 37.3 Å². The Balaban J connectivity index is 1.72. The van der Waals surface area contributed by atoms with Gasteiger partial charge in [0.05, 0.1) is 6.61 Å². The lowest BCUT2D eigenvalue weighted by molar-refractivity contribution is 0.340. The van der Waals surface area contributed by atoms with Crippen molar-refractivity contribution in [2.24, 2.45) is 0 Å². The smallest absolute Gasteiger partial charge is 0.135 e. The molecule has 0 saturated carbocycles. The average Bonchev–Trinajstić information content (AvgIpc) is 2.64. The van der Waals surface area contributed by atoms with E-state index in [0.29, 0.717) is 12.6 Å². The van der Waals surface area contributed by atoms with Gasteiger partial charge < -0.3 is 15.0 Å². The Morgan fingerprint density at radius 1 is 1.17 bits per heavy atom. The van der Waals surface area contributed by atoms with Crippen LogP contribution >= 0.6 is 0 Å². The van der Waals surface area contributed by atoms with E-state index in [-0.39, 0.29) is 0 Å². The van der Waals surface area contributed by atoms with E-state index < -0.39 is 0 Å². The molecule has 1 aliphatic heterocycles. The molecule has 1 aromatic carbocycles. The van der Waals surface area contributed by atoms with Gasteiger partial charge in [-0.1, -0.05) is 6.92 Å². The van der Waals surface area contributed by atoms with Crippen LogP contribution in [0.3, 0.4) is 0 Å². The van der Waals surface area contributed by atoms with Crippen molar-refractivity contribution in [3.8, 4) is 5.75 Å². The van der Waals surface area contributed by atoms with Crippen molar-refractivity contribution in [3.63, 3.8) is 0 Å². The molecular weight excluding hydrogens is 300 g/mol. The van der Waals surface area contributed by atoms with Crippen molar-refractivity contribution in [2.45, 2.75) is 45.6 Å². The molecule has 3 rings (SSSR count). The first-order chi connectivity index (χ1) is 11.8.